The first kappa shape index (κ1) is 24.3. The predicted octanol–water partition coefficient (Wildman–Crippen LogP) is 8.34. The zero-order valence-electron chi connectivity index (χ0n) is 19.5. The Morgan fingerprint density at radius 2 is 1.21 bits per heavy atom. The van der Waals surface area contributed by atoms with Crippen LogP contribution in [-0.4, -0.2) is 19.5 Å². The van der Waals surface area contributed by atoms with Gasteiger partial charge in [-0.1, -0.05) is 114 Å². The quantitative estimate of drug-likeness (QED) is 0.0839. The Bertz CT molecular complexity index is 1100. The highest BCUT2D eigenvalue weighted by Crippen LogP contribution is 2.39. The van der Waals surface area contributed by atoms with Gasteiger partial charge in [0, 0.05) is 15.1 Å². The van der Waals surface area contributed by atoms with Gasteiger partial charge in [-0.15, -0.1) is 0 Å². The molecular formula is C30H29IO3. The van der Waals surface area contributed by atoms with Crippen LogP contribution in [0.15, 0.2) is 103 Å². The molecule has 0 spiro atoms. The maximum absolute atomic E-state index is 6.34. The Morgan fingerprint density at radius 3 is 1.74 bits per heavy atom. The molecule has 2 atom stereocenters. The number of hydrogen-bond donors (Lipinski definition) is 0. The number of hydrogen-bond acceptors (Lipinski definition) is 3. The minimum atomic E-state index is -0.371. The summed E-state index contributed by atoms with van der Waals surface area (Å²) in [5.74, 6) is 1.66. The molecule has 0 aliphatic heterocycles. The monoisotopic (exact) mass is 564 g/mol. The fraction of sp³-hybridized carbons (Fsp3) is 0.200. The minimum Gasteiger partial charge on any atom is -0.490 e. The molecule has 4 rings (SSSR count). The summed E-state index contributed by atoms with van der Waals surface area (Å²) < 4.78 is 18.6. The van der Waals surface area contributed by atoms with Crippen LogP contribution in [0.3, 0.4) is 0 Å². The molecule has 0 radical (unpaired) electrons. The molecule has 0 fully saturated rings. The van der Waals surface area contributed by atoms with E-state index in [9.17, 15) is 0 Å². The molecule has 3 nitrogen and oxygen atoms in total. The van der Waals surface area contributed by atoms with Crippen LogP contribution in [-0.2, 0) is 4.74 Å². The smallest absolute Gasteiger partial charge is 0.197 e. The van der Waals surface area contributed by atoms with E-state index in [0.29, 0.717) is 17.1 Å². The van der Waals surface area contributed by atoms with Crippen molar-refractivity contribution in [3.05, 3.63) is 109 Å². The van der Waals surface area contributed by atoms with Crippen LogP contribution in [0, 0.1) is 0 Å². The molecule has 34 heavy (non-hydrogen) atoms. The maximum Gasteiger partial charge on any atom is 0.197 e. The molecule has 174 valence electrons. The summed E-state index contributed by atoms with van der Waals surface area (Å²) >= 11 is 2.41. The lowest BCUT2D eigenvalue weighted by Crippen LogP contribution is -2.20. The van der Waals surface area contributed by atoms with Gasteiger partial charge in [-0.05, 0) is 42.7 Å². The first-order valence-corrected chi connectivity index (χ1v) is 12.8. The molecule has 0 aliphatic rings. The molecule has 0 saturated carbocycles. The van der Waals surface area contributed by atoms with Gasteiger partial charge >= 0.3 is 0 Å². The molecule has 0 aliphatic carbocycles. The largest absolute Gasteiger partial charge is 0.490 e. The number of halogens is 1. The van der Waals surface area contributed by atoms with Crippen LogP contribution >= 0.6 is 22.6 Å². The van der Waals surface area contributed by atoms with Crippen molar-refractivity contribution in [2.24, 2.45) is 0 Å². The van der Waals surface area contributed by atoms with Gasteiger partial charge in [0.15, 0.2) is 6.29 Å². The van der Waals surface area contributed by atoms with Gasteiger partial charge in [-0.2, -0.15) is 0 Å². The Morgan fingerprint density at radius 1 is 0.647 bits per heavy atom. The van der Waals surface area contributed by atoms with Crippen LogP contribution in [0.25, 0.3) is 22.3 Å². The minimum absolute atomic E-state index is 0.371. The first-order valence-electron chi connectivity index (χ1n) is 11.5. The summed E-state index contributed by atoms with van der Waals surface area (Å²) in [4.78, 5) is 0. The topological polar surface area (TPSA) is 27.7 Å². The lowest BCUT2D eigenvalue weighted by molar-refractivity contribution is -0.0738. The molecule has 0 saturated heterocycles. The van der Waals surface area contributed by atoms with E-state index in [1.807, 2.05) is 55.5 Å². The van der Waals surface area contributed by atoms with Crippen LogP contribution in [0.2, 0.25) is 0 Å². The van der Waals surface area contributed by atoms with E-state index < -0.39 is 0 Å². The molecular weight excluding hydrogens is 535 g/mol. The lowest BCUT2D eigenvalue weighted by Gasteiger charge is -2.19. The van der Waals surface area contributed by atoms with E-state index in [2.05, 4.69) is 84.1 Å². The van der Waals surface area contributed by atoms with Crippen molar-refractivity contribution >= 4 is 22.6 Å². The van der Waals surface area contributed by atoms with Crippen LogP contribution < -0.4 is 9.47 Å². The van der Waals surface area contributed by atoms with Gasteiger partial charge in [-0.3, -0.25) is 0 Å². The van der Waals surface area contributed by atoms with E-state index >= 15 is 0 Å². The predicted molar refractivity (Wildman–Crippen MR) is 148 cm³/mol. The SMILES string of the molecule is CC(OCCOc1c(-c2ccccc2)cccc1-c1ccccc1)Oc1ccc([C@H](C)I)cc1. The Balaban J connectivity index is 1.42. The highest BCUT2D eigenvalue weighted by atomic mass is 127. The standard InChI is InChI=1S/C30H29IO3/c1-22(31)24-16-18-27(19-17-24)34-23(2)32-20-21-33-30-28(25-10-5-3-6-11-25)14-9-15-29(30)26-12-7-4-8-13-26/h3-19,22-23H,20-21H2,1-2H3/t22-,23?/m0/s1. The number of benzene rings is 4. The molecule has 0 bridgehead atoms. The average Bonchev–Trinajstić information content (AvgIpc) is 2.88. The van der Waals surface area contributed by atoms with Crippen molar-refractivity contribution in [1.29, 1.82) is 0 Å². The summed E-state index contributed by atoms with van der Waals surface area (Å²) in [7, 11) is 0. The van der Waals surface area contributed by atoms with Crippen molar-refractivity contribution < 1.29 is 14.2 Å². The first-order chi connectivity index (χ1) is 16.6. The van der Waals surface area contributed by atoms with Gasteiger partial charge < -0.3 is 14.2 Å². The lowest BCUT2D eigenvalue weighted by atomic mass is 9.97. The van der Waals surface area contributed by atoms with Gasteiger partial charge in [0.25, 0.3) is 0 Å². The summed E-state index contributed by atoms with van der Waals surface area (Å²) in [6, 6.07) is 35.1. The van der Waals surface area contributed by atoms with E-state index in [1.165, 1.54) is 5.56 Å². The van der Waals surface area contributed by atoms with Crippen molar-refractivity contribution in [3.8, 4) is 33.8 Å². The Kier molecular flexibility index (Phi) is 8.61. The van der Waals surface area contributed by atoms with Crippen LogP contribution in [0.5, 0.6) is 11.5 Å². The van der Waals surface area contributed by atoms with Crippen molar-refractivity contribution in [3.63, 3.8) is 0 Å². The third-order valence-corrected chi connectivity index (χ3v) is 6.23. The molecule has 0 amide bonds. The molecule has 0 aromatic heterocycles. The number of para-hydroxylation sites is 1. The Hall–Kier alpha value is -2.83. The highest BCUT2D eigenvalue weighted by molar-refractivity contribution is 14.1. The molecule has 0 heterocycles. The van der Waals surface area contributed by atoms with E-state index in [-0.39, 0.29) is 6.29 Å². The average molecular weight is 564 g/mol. The van der Waals surface area contributed by atoms with Gasteiger partial charge in [0.2, 0.25) is 0 Å². The van der Waals surface area contributed by atoms with Crippen molar-refractivity contribution in [2.75, 3.05) is 13.2 Å². The van der Waals surface area contributed by atoms with Crippen molar-refractivity contribution in [1.82, 2.24) is 0 Å². The second-order valence-corrected chi connectivity index (χ2v) is 9.87. The molecule has 4 aromatic carbocycles. The van der Waals surface area contributed by atoms with Crippen LogP contribution in [0.4, 0.5) is 0 Å². The third-order valence-electron chi connectivity index (χ3n) is 5.51. The van der Waals surface area contributed by atoms with E-state index in [1.54, 1.807) is 0 Å². The number of ether oxygens (including phenoxy) is 3. The highest BCUT2D eigenvalue weighted by Gasteiger charge is 2.14. The summed E-state index contributed by atoms with van der Waals surface area (Å²) in [6.07, 6.45) is -0.371. The molecule has 4 heteroatoms. The number of alkyl halides is 1. The zero-order chi connectivity index (χ0) is 23.8. The summed E-state index contributed by atoms with van der Waals surface area (Å²) in [5, 5.41) is 0. The zero-order valence-corrected chi connectivity index (χ0v) is 21.6. The van der Waals surface area contributed by atoms with Gasteiger partial charge in [-0.25, -0.2) is 0 Å². The molecule has 0 N–H and O–H groups in total. The van der Waals surface area contributed by atoms with Crippen molar-refractivity contribution in [2.45, 2.75) is 24.1 Å². The van der Waals surface area contributed by atoms with Gasteiger partial charge in [0.05, 0.1) is 6.61 Å². The second kappa shape index (κ2) is 12.0. The fourth-order valence-corrected chi connectivity index (χ4v) is 4.19. The normalized spacial score (nSPS) is 12.7. The second-order valence-electron chi connectivity index (χ2n) is 8.00. The van der Waals surface area contributed by atoms with Crippen LogP contribution in [0.1, 0.15) is 23.3 Å². The van der Waals surface area contributed by atoms with E-state index in [0.717, 1.165) is 33.8 Å². The molecule has 1 unspecified atom stereocenters. The van der Waals surface area contributed by atoms with E-state index in [4.69, 9.17) is 14.2 Å². The number of rotatable bonds is 10. The van der Waals surface area contributed by atoms with Gasteiger partial charge in [0.1, 0.15) is 18.1 Å². The third kappa shape index (κ3) is 6.39. The fourth-order valence-electron chi connectivity index (χ4n) is 3.78. The maximum atomic E-state index is 6.34. The summed E-state index contributed by atoms with van der Waals surface area (Å²) in [5.41, 5.74) is 5.65. The molecule has 4 aromatic rings. The Labute approximate surface area is 215 Å². The summed E-state index contributed by atoms with van der Waals surface area (Å²) in [6.45, 7) is 4.91.